The number of aryl methyl sites for hydroxylation is 1. The number of hydrogen-bond donors (Lipinski definition) is 1. The molecule has 1 N–H and O–H groups in total. The predicted molar refractivity (Wildman–Crippen MR) is 119 cm³/mol. The van der Waals surface area contributed by atoms with Crippen LogP contribution < -0.4 is 15.6 Å². The minimum Gasteiger partial charge on any atom is -0.450 e. The second-order valence-corrected chi connectivity index (χ2v) is 8.03. The van der Waals surface area contributed by atoms with Crippen molar-refractivity contribution in [3.8, 4) is 17.6 Å². The quantitative estimate of drug-likeness (QED) is 0.673. The molecular weight excluding hydrogens is 454 g/mol. The highest BCUT2D eigenvalue weighted by atomic mass is 35.5. The highest BCUT2D eigenvalue weighted by Crippen LogP contribution is 2.31. The number of benzene rings is 1. The van der Waals surface area contributed by atoms with Crippen molar-refractivity contribution in [3.63, 3.8) is 0 Å². The third-order valence-corrected chi connectivity index (χ3v) is 5.31. The average molecular weight is 475 g/mol. The first-order chi connectivity index (χ1) is 15.5. The molecule has 1 aliphatic rings. The molecule has 7 nitrogen and oxygen atoms in total. The van der Waals surface area contributed by atoms with E-state index in [1.54, 1.807) is 13.8 Å². The summed E-state index contributed by atoms with van der Waals surface area (Å²) in [5, 5.41) is 12.0. The first kappa shape index (κ1) is 24.1. The number of aromatic nitrogens is 2. The molecule has 1 amide bonds. The summed E-state index contributed by atoms with van der Waals surface area (Å²) in [6, 6.07) is 6.24. The summed E-state index contributed by atoms with van der Waals surface area (Å²) in [6.07, 6.45) is 2.71. The third kappa shape index (κ3) is 5.46. The summed E-state index contributed by atoms with van der Waals surface area (Å²) < 4.78 is 35.2. The van der Waals surface area contributed by atoms with Gasteiger partial charge in [0.1, 0.15) is 5.75 Å². The Kier molecular flexibility index (Phi) is 6.98. The van der Waals surface area contributed by atoms with E-state index in [0.717, 1.165) is 17.6 Å². The number of nitrogens with zero attached hydrogens (tertiary/aromatic N) is 3. The van der Waals surface area contributed by atoms with Gasteiger partial charge in [-0.2, -0.15) is 5.26 Å². The molecule has 0 atom stereocenters. The van der Waals surface area contributed by atoms with E-state index >= 15 is 0 Å². The van der Waals surface area contributed by atoms with Crippen LogP contribution in [-0.2, 0) is 11.3 Å². The molecule has 0 fully saturated rings. The van der Waals surface area contributed by atoms with Crippen molar-refractivity contribution in [3.05, 3.63) is 74.0 Å². The second kappa shape index (κ2) is 9.55. The predicted octanol–water partition coefficient (Wildman–Crippen LogP) is 4.29. The van der Waals surface area contributed by atoms with Gasteiger partial charge in [-0.1, -0.05) is 18.5 Å². The van der Waals surface area contributed by atoms with Gasteiger partial charge in [-0.15, -0.1) is 0 Å². The molecule has 0 bridgehead atoms. The lowest BCUT2D eigenvalue weighted by atomic mass is 9.99. The monoisotopic (exact) mass is 474 g/mol. The van der Waals surface area contributed by atoms with Crippen molar-refractivity contribution in [2.45, 2.75) is 39.7 Å². The smallest absolute Gasteiger partial charge is 0.296 e. The van der Waals surface area contributed by atoms with Gasteiger partial charge in [0.15, 0.2) is 0 Å². The number of halogens is 3. The number of alkyl halides is 2. The van der Waals surface area contributed by atoms with E-state index in [1.807, 2.05) is 6.07 Å². The number of carbonyl (C=O) groups excluding carboxylic acids is 1. The van der Waals surface area contributed by atoms with Gasteiger partial charge < -0.3 is 10.1 Å². The zero-order chi connectivity index (χ0) is 24.3. The summed E-state index contributed by atoms with van der Waals surface area (Å²) in [7, 11) is 0. The summed E-state index contributed by atoms with van der Waals surface area (Å²) >= 11 is 5.99. The van der Waals surface area contributed by atoms with Gasteiger partial charge >= 0.3 is 0 Å². The van der Waals surface area contributed by atoms with Crippen molar-refractivity contribution in [2.75, 3.05) is 6.54 Å². The second-order valence-electron chi connectivity index (χ2n) is 7.59. The number of nitrogens with one attached hydrogen (secondary N) is 1. The van der Waals surface area contributed by atoms with Crippen molar-refractivity contribution in [2.24, 2.45) is 0 Å². The number of carbonyl (C=O) groups is 1. The molecule has 0 spiro atoms. The normalized spacial score (nSPS) is 14.3. The van der Waals surface area contributed by atoms with Crippen molar-refractivity contribution < 1.29 is 18.3 Å². The molecule has 172 valence electrons. The number of allylic oxidation sites excluding steroid dienone is 2. The Morgan fingerprint density at radius 2 is 2.06 bits per heavy atom. The first-order valence-electron chi connectivity index (χ1n) is 10.1. The molecule has 2 heterocycles. The third-order valence-electron chi connectivity index (χ3n) is 5.09. The van der Waals surface area contributed by atoms with Crippen LogP contribution in [0.4, 0.5) is 8.78 Å². The lowest BCUT2D eigenvalue weighted by Gasteiger charge is -2.16. The van der Waals surface area contributed by atoms with E-state index in [4.69, 9.17) is 21.6 Å². The fourth-order valence-corrected chi connectivity index (χ4v) is 3.60. The summed E-state index contributed by atoms with van der Waals surface area (Å²) in [5.41, 5.74) is 0.0465. The number of amides is 1. The Labute approximate surface area is 194 Å². The number of ether oxygens (including phenoxy) is 1. The maximum absolute atomic E-state index is 14.2. The first-order valence-corrected chi connectivity index (χ1v) is 10.4. The Hall–Kier alpha value is -3.51. The Balaban J connectivity index is 2.01. The number of nitriles is 1. The van der Waals surface area contributed by atoms with Crippen LogP contribution in [0.2, 0.25) is 5.02 Å². The van der Waals surface area contributed by atoms with Gasteiger partial charge in [0.05, 0.1) is 30.2 Å². The summed E-state index contributed by atoms with van der Waals surface area (Å²) in [4.78, 5) is 29.8. The van der Waals surface area contributed by atoms with Crippen LogP contribution in [0.25, 0.3) is 0 Å². The van der Waals surface area contributed by atoms with Gasteiger partial charge in [0.2, 0.25) is 11.7 Å². The van der Waals surface area contributed by atoms with Gasteiger partial charge in [0, 0.05) is 29.6 Å². The highest BCUT2D eigenvalue weighted by molar-refractivity contribution is 6.30. The molecule has 1 aromatic carbocycles. The van der Waals surface area contributed by atoms with E-state index in [9.17, 15) is 18.4 Å². The van der Waals surface area contributed by atoms with E-state index in [1.165, 1.54) is 24.5 Å². The maximum atomic E-state index is 14.2. The molecule has 0 radical (unpaired) electrons. The van der Waals surface area contributed by atoms with E-state index in [0.29, 0.717) is 12.0 Å². The largest absolute Gasteiger partial charge is 0.450 e. The topological polar surface area (TPSA) is 97.0 Å². The lowest BCUT2D eigenvalue weighted by Crippen LogP contribution is -2.30. The SMILES string of the molecule is CCC1=C(C(C)(F)F)C=C(Cn2cnc(C)c(Oc3cc(Cl)cc(C#N)c3)c2=O)C(=O)NC1. The van der Waals surface area contributed by atoms with Crippen LogP contribution in [0.3, 0.4) is 0 Å². The van der Waals surface area contributed by atoms with Gasteiger partial charge in [-0.25, -0.2) is 13.8 Å². The fraction of sp³-hybridized carbons (Fsp3) is 0.304. The van der Waals surface area contributed by atoms with Crippen molar-refractivity contribution in [1.29, 1.82) is 5.26 Å². The molecule has 33 heavy (non-hydrogen) atoms. The maximum Gasteiger partial charge on any atom is 0.296 e. The zero-order valence-electron chi connectivity index (χ0n) is 18.2. The average Bonchev–Trinajstić information content (AvgIpc) is 2.91. The van der Waals surface area contributed by atoms with Crippen LogP contribution in [0.15, 0.2) is 52.1 Å². The molecule has 0 unspecified atom stereocenters. The van der Waals surface area contributed by atoms with Crippen LogP contribution in [0, 0.1) is 18.3 Å². The summed E-state index contributed by atoms with van der Waals surface area (Å²) in [6.45, 7) is 3.77. The lowest BCUT2D eigenvalue weighted by molar-refractivity contribution is -0.117. The van der Waals surface area contributed by atoms with Crippen LogP contribution in [-0.4, -0.2) is 27.9 Å². The standard InChI is InChI=1S/C23H21ClF2N4O3/c1-4-15-10-28-21(31)16(7-19(15)23(3,25)26)11-30-12-29-13(2)20(22(30)32)33-18-6-14(9-27)5-17(24)8-18/h5-8,12H,4,10-11H2,1-3H3,(H,28,31). The molecule has 2 aromatic rings. The van der Waals surface area contributed by atoms with Crippen LogP contribution >= 0.6 is 11.6 Å². The number of hydrogen-bond acceptors (Lipinski definition) is 5. The van der Waals surface area contributed by atoms with Gasteiger partial charge in [-0.05, 0) is 43.2 Å². The molecular formula is C23H21ClF2N4O3. The fourth-order valence-electron chi connectivity index (χ4n) is 3.38. The molecule has 0 saturated carbocycles. The highest BCUT2D eigenvalue weighted by Gasteiger charge is 2.31. The van der Waals surface area contributed by atoms with Gasteiger partial charge in [0.25, 0.3) is 11.5 Å². The van der Waals surface area contributed by atoms with Crippen LogP contribution in [0.1, 0.15) is 31.5 Å². The van der Waals surface area contributed by atoms with Crippen LogP contribution in [0.5, 0.6) is 11.5 Å². The van der Waals surface area contributed by atoms with E-state index in [-0.39, 0.29) is 52.0 Å². The molecule has 0 aliphatic carbocycles. The molecule has 10 heteroatoms. The minimum absolute atomic E-state index is 0.000499. The van der Waals surface area contributed by atoms with E-state index in [2.05, 4.69) is 10.3 Å². The zero-order valence-corrected chi connectivity index (χ0v) is 19.0. The Morgan fingerprint density at radius 1 is 1.33 bits per heavy atom. The molecule has 1 aromatic heterocycles. The van der Waals surface area contributed by atoms with Crippen molar-refractivity contribution >= 4 is 17.5 Å². The Bertz CT molecular complexity index is 1270. The number of rotatable bonds is 6. The van der Waals surface area contributed by atoms with E-state index < -0.39 is 17.4 Å². The van der Waals surface area contributed by atoms with Crippen molar-refractivity contribution in [1.82, 2.24) is 14.9 Å². The van der Waals surface area contributed by atoms with Gasteiger partial charge in [-0.3, -0.25) is 14.2 Å². The summed E-state index contributed by atoms with van der Waals surface area (Å²) in [5.74, 6) is -3.68. The molecule has 0 saturated heterocycles. The minimum atomic E-state index is -3.15. The molecule has 1 aliphatic heterocycles. The molecule has 3 rings (SSSR count). The Morgan fingerprint density at radius 3 is 2.70 bits per heavy atom.